The molecule has 0 spiro atoms. The number of esters is 1. The van der Waals surface area contributed by atoms with Gasteiger partial charge in [0.2, 0.25) is 0 Å². The van der Waals surface area contributed by atoms with E-state index in [2.05, 4.69) is 5.32 Å². The first-order valence-corrected chi connectivity index (χ1v) is 8.37. The van der Waals surface area contributed by atoms with E-state index in [9.17, 15) is 19.7 Å². The maximum absolute atomic E-state index is 12.2. The van der Waals surface area contributed by atoms with Crippen molar-refractivity contribution in [3.05, 3.63) is 58.1 Å². The first-order chi connectivity index (χ1) is 13.3. The molecule has 0 bridgehead atoms. The Labute approximate surface area is 161 Å². The molecule has 0 aliphatic heterocycles. The Hall–Kier alpha value is -3.62. The average Bonchev–Trinajstić information content (AvgIpc) is 2.66. The summed E-state index contributed by atoms with van der Waals surface area (Å²) in [4.78, 5) is 34.5. The number of anilines is 1. The highest BCUT2D eigenvalue weighted by atomic mass is 16.6. The van der Waals surface area contributed by atoms with Gasteiger partial charge < -0.3 is 19.5 Å². The standard InChI is InChI=1S/C19H20N2O7/c1-12(2)28-16-9-8-13(10-17(16)26-3)19(23)27-11-18(22)20-14-6-4-5-7-15(14)21(24)25/h4-10,12H,11H2,1-3H3,(H,20,22). The highest BCUT2D eigenvalue weighted by molar-refractivity contribution is 5.97. The van der Waals surface area contributed by atoms with E-state index in [0.29, 0.717) is 11.5 Å². The molecule has 0 saturated carbocycles. The average molecular weight is 388 g/mol. The predicted molar refractivity (Wildman–Crippen MR) is 101 cm³/mol. The maximum Gasteiger partial charge on any atom is 0.338 e. The lowest BCUT2D eigenvalue weighted by Gasteiger charge is -2.14. The fraction of sp³-hybridized carbons (Fsp3) is 0.263. The first-order valence-electron chi connectivity index (χ1n) is 8.37. The van der Waals surface area contributed by atoms with E-state index in [1.165, 1.54) is 37.4 Å². The van der Waals surface area contributed by atoms with Crippen molar-refractivity contribution in [2.45, 2.75) is 20.0 Å². The molecule has 0 aliphatic carbocycles. The molecule has 2 aromatic carbocycles. The van der Waals surface area contributed by atoms with Gasteiger partial charge in [0.1, 0.15) is 5.69 Å². The lowest BCUT2D eigenvalue weighted by Crippen LogP contribution is -2.21. The smallest absolute Gasteiger partial charge is 0.338 e. The minimum Gasteiger partial charge on any atom is -0.493 e. The number of methoxy groups -OCH3 is 1. The molecule has 2 rings (SSSR count). The molecule has 0 heterocycles. The molecular formula is C19H20N2O7. The summed E-state index contributed by atoms with van der Waals surface area (Å²) in [6, 6.07) is 10.2. The molecule has 0 saturated heterocycles. The van der Waals surface area contributed by atoms with Gasteiger partial charge in [0, 0.05) is 6.07 Å². The Kier molecular flexibility index (Phi) is 6.91. The van der Waals surface area contributed by atoms with Gasteiger partial charge in [0.25, 0.3) is 11.6 Å². The van der Waals surface area contributed by atoms with Crippen LogP contribution >= 0.6 is 0 Å². The number of hydrogen-bond acceptors (Lipinski definition) is 7. The number of nitro benzene ring substituents is 1. The number of nitrogens with one attached hydrogen (secondary N) is 1. The molecule has 0 aliphatic rings. The van der Waals surface area contributed by atoms with Crippen LogP contribution in [0.3, 0.4) is 0 Å². The zero-order valence-electron chi connectivity index (χ0n) is 15.6. The molecule has 0 fully saturated rings. The molecule has 1 amide bonds. The number of nitrogens with zero attached hydrogens (tertiary/aromatic N) is 1. The summed E-state index contributed by atoms with van der Waals surface area (Å²) >= 11 is 0. The number of carbonyl (C=O) groups excluding carboxylic acids is 2. The van der Waals surface area contributed by atoms with Gasteiger partial charge >= 0.3 is 5.97 Å². The summed E-state index contributed by atoms with van der Waals surface area (Å²) in [5.41, 5.74) is -0.0653. The summed E-state index contributed by atoms with van der Waals surface area (Å²) in [6.45, 7) is 3.12. The van der Waals surface area contributed by atoms with Crippen LogP contribution in [-0.4, -0.2) is 36.6 Å². The van der Waals surface area contributed by atoms with Crippen LogP contribution in [0.15, 0.2) is 42.5 Å². The molecule has 0 unspecified atom stereocenters. The number of amides is 1. The number of rotatable bonds is 8. The summed E-state index contributed by atoms with van der Waals surface area (Å²) in [7, 11) is 1.44. The van der Waals surface area contributed by atoms with Crippen molar-refractivity contribution in [1.29, 1.82) is 0 Å². The monoisotopic (exact) mass is 388 g/mol. The lowest BCUT2D eigenvalue weighted by atomic mass is 10.2. The molecule has 148 valence electrons. The minimum absolute atomic E-state index is 0.0189. The highest BCUT2D eigenvalue weighted by Crippen LogP contribution is 2.29. The Balaban J connectivity index is 2.00. The summed E-state index contributed by atoms with van der Waals surface area (Å²) in [6.07, 6.45) is -0.0718. The predicted octanol–water partition coefficient (Wildman–Crippen LogP) is 3.19. The number of ether oxygens (including phenoxy) is 3. The molecule has 1 N–H and O–H groups in total. The Morgan fingerprint density at radius 1 is 1.14 bits per heavy atom. The zero-order valence-corrected chi connectivity index (χ0v) is 15.6. The normalized spacial score (nSPS) is 10.3. The molecule has 0 aromatic heterocycles. The Morgan fingerprint density at radius 3 is 2.50 bits per heavy atom. The van der Waals surface area contributed by atoms with Gasteiger partial charge in [-0.3, -0.25) is 14.9 Å². The Bertz CT molecular complexity index is 880. The van der Waals surface area contributed by atoms with Crippen LogP contribution in [0.1, 0.15) is 24.2 Å². The largest absolute Gasteiger partial charge is 0.493 e. The van der Waals surface area contributed by atoms with E-state index in [4.69, 9.17) is 14.2 Å². The number of carbonyl (C=O) groups is 2. The van der Waals surface area contributed by atoms with Gasteiger partial charge in [-0.2, -0.15) is 0 Å². The first kappa shape index (κ1) is 20.7. The van der Waals surface area contributed by atoms with Crippen LogP contribution in [0.4, 0.5) is 11.4 Å². The second-order valence-electron chi connectivity index (χ2n) is 5.93. The molecule has 9 heteroatoms. The third kappa shape index (κ3) is 5.44. The van der Waals surface area contributed by atoms with E-state index < -0.39 is 23.4 Å². The van der Waals surface area contributed by atoms with Crippen LogP contribution in [-0.2, 0) is 9.53 Å². The highest BCUT2D eigenvalue weighted by Gasteiger charge is 2.17. The van der Waals surface area contributed by atoms with Crippen LogP contribution in [0.5, 0.6) is 11.5 Å². The van der Waals surface area contributed by atoms with Crippen molar-refractivity contribution in [3.63, 3.8) is 0 Å². The van der Waals surface area contributed by atoms with E-state index in [1.807, 2.05) is 13.8 Å². The lowest BCUT2D eigenvalue weighted by molar-refractivity contribution is -0.383. The van der Waals surface area contributed by atoms with Crippen molar-refractivity contribution in [2.75, 3.05) is 19.0 Å². The van der Waals surface area contributed by atoms with E-state index in [1.54, 1.807) is 12.1 Å². The van der Waals surface area contributed by atoms with E-state index >= 15 is 0 Å². The van der Waals surface area contributed by atoms with Crippen LogP contribution in [0.2, 0.25) is 0 Å². The fourth-order valence-electron chi connectivity index (χ4n) is 2.29. The van der Waals surface area contributed by atoms with Gasteiger partial charge in [-0.1, -0.05) is 12.1 Å². The summed E-state index contributed by atoms with van der Waals surface area (Å²) in [5, 5.41) is 13.3. The quantitative estimate of drug-likeness (QED) is 0.419. The molecule has 9 nitrogen and oxygen atoms in total. The number of hydrogen-bond donors (Lipinski definition) is 1. The van der Waals surface area contributed by atoms with Crippen molar-refractivity contribution in [3.8, 4) is 11.5 Å². The van der Waals surface area contributed by atoms with Crippen molar-refractivity contribution < 1.29 is 28.7 Å². The summed E-state index contributed by atoms with van der Waals surface area (Å²) in [5.74, 6) is -0.614. The second kappa shape index (κ2) is 9.36. The van der Waals surface area contributed by atoms with Gasteiger partial charge in [0.15, 0.2) is 18.1 Å². The van der Waals surface area contributed by atoms with Crippen molar-refractivity contribution in [2.24, 2.45) is 0 Å². The van der Waals surface area contributed by atoms with Crippen LogP contribution in [0.25, 0.3) is 0 Å². The number of nitro groups is 1. The van der Waals surface area contributed by atoms with Crippen molar-refractivity contribution >= 4 is 23.3 Å². The SMILES string of the molecule is COc1cc(C(=O)OCC(=O)Nc2ccccc2[N+](=O)[O-])ccc1OC(C)C. The van der Waals surface area contributed by atoms with E-state index in [-0.39, 0.29) is 23.0 Å². The van der Waals surface area contributed by atoms with E-state index in [0.717, 1.165) is 0 Å². The summed E-state index contributed by atoms with van der Waals surface area (Å²) < 4.78 is 15.7. The molecule has 2 aromatic rings. The van der Waals surface area contributed by atoms with Crippen LogP contribution < -0.4 is 14.8 Å². The maximum atomic E-state index is 12.2. The molecule has 28 heavy (non-hydrogen) atoms. The van der Waals surface area contributed by atoms with Gasteiger partial charge in [-0.25, -0.2) is 4.79 Å². The molecular weight excluding hydrogens is 368 g/mol. The third-order valence-electron chi connectivity index (χ3n) is 3.47. The number of para-hydroxylation sites is 2. The molecule has 0 radical (unpaired) electrons. The Morgan fingerprint density at radius 2 is 1.86 bits per heavy atom. The van der Waals surface area contributed by atoms with Gasteiger partial charge in [-0.05, 0) is 38.1 Å². The van der Waals surface area contributed by atoms with Crippen molar-refractivity contribution in [1.82, 2.24) is 0 Å². The van der Waals surface area contributed by atoms with Gasteiger partial charge in [0.05, 0.1) is 23.7 Å². The number of benzene rings is 2. The van der Waals surface area contributed by atoms with Crippen LogP contribution in [0, 0.1) is 10.1 Å². The third-order valence-corrected chi connectivity index (χ3v) is 3.47. The zero-order chi connectivity index (χ0) is 20.7. The fourth-order valence-corrected chi connectivity index (χ4v) is 2.29. The molecule has 0 atom stereocenters. The minimum atomic E-state index is -0.743. The topological polar surface area (TPSA) is 117 Å². The second-order valence-corrected chi connectivity index (χ2v) is 5.93. The van der Waals surface area contributed by atoms with Gasteiger partial charge in [-0.15, -0.1) is 0 Å².